The first-order chi connectivity index (χ1) is 8.88. The Balaban J connectivity index is 2.31. The summed E-state index contributed by atoms with van der Waals surface area (Å²) in [7, 11) is -4.70. The average Bonchev–Trinajstić information content (AvgIpc) is 2.35. The smallest absolute Gasteiger partial charge is 0.359 e. The minimum atomic E-state index is -4.70. The third kappa shape index (κ3) is 3.43. The molecule has 0 unspecified atom stereocenters. The Hall–Kier alpha value is -1.18. The van der Waals surface area contributed by atoms with Crippen LogP contribution in [0.1, 0.15) is 29.9 Å². The highest BCUT2D eigenvalue weighted by Gasteiger charge is 2.21. The summed E-state index contributed by atoms with van der Waals surface area (Å²) in [6.07, 6.45) is 1.83. The van der Waals surface area contributed by atoms with Crippen molar-refractivity contribution in [2.45, 2.75) is 25.7 Å². The van der Waals surface area contributed by atoms with E-state index in [-0.39, 0.29) is 5.92 Å². The second-order valence-corrected chi connectivity index (χ2v) is 5.65. The predicted octanol–water partition coefficient (Wildman–Crippen LogP) is 1.78. The van der Waals surface area contributed by atoms with E-state index in [1.165, 1.54) is 6.07 Å². The summed E-state index contributed by atoms with van der Waals surface area (Å²) in [6.45, 7) is 3.35. The van der Waals surface area contributed by atoms with Crippen LogP contribution < -0.4 is 9.50 Å². The molecule has 0 saturated carbocycles. The molecule has 2 N–H and O–H groups in total. The summed E-state index contributed by atoms with van der Waals surface area (Å²) in [5.74, 6) is -0.957. The number of halogens is 1. The number of nitrogens with one attached hydrogen (secondary N) is 1. The molecule has 106 valence electrons. The molecule has 19 heavy (non-hydrogen) atoms. The van der Waals surface area contributed by atoms with E-state index in [4.69, 9.17) is 4.55 Å². The summed E-state index contributed by atoms with van der Waals surface area (Å²) in [4.78, 5) is 0. The van der Waals surface area contributed by atoms with Crippen LogP contribution in [-0.4, -0.2) is 26.1 Å². The Labute approximate surface area is 111 Å². The van der Waals surface area contributed by atoms with Gasteiger partial charge in [0.2, 0.25) is 0 Å². The monoisotopic (exact) mass is 289 g/mol. The van der Waals surface area contributed by atoms with Gasteiger partial charge in [0.15, 0.2) is 11.6 Å². The number of hydrogen-bond acceptors (Lipinski definition) is 4. The summed E-state index contributed by atoms with van der Waals surface area (Å²) >= 11 is 0. The van der Waals surface area contributed by atoms with Gasteiger partial charge in [0.25, 0.3) is 0 Å². The van der Waals surface area contributed by atoms with E-state index in [1.54, 1.807) is 13.0 Å². The van der Waals surface area contributed by atoms with Crippen molar-refractivity contribution in [1.29, 1.82) is 0 Å². The van der Waals surface area contributed by atoms with Gasteiger partial charge >= 0.3 is 10.4 Å². The molecule has 1 fully saturated rings. The van der Waals surface area contributed by atoms with Crippen LogP contribution in [0.4, 0.5) is 4.39 Å². The van der Waals surface area contributed by atoms with Gasteiger partial charge in [0.05, 0.1) is 0 Å². The Morgan fingerprint density at radius 3 is 2.58 bits per heavy atom. The first-order valence-electron chi connectivity index (χ1n) is 6.05. The maximum absolute atomic E-state index is 14.0. The van der Waals surface area contributed by atoms with E-state index < -0.39 is 22.0 Å². The zero-order valence-corrected chi connectivity index (χ0v) is 11.3. The molecule has 0 radical (unpaired) electrons. The third-order valence-electron chi connectivity index (χ3n) is 3.37. The van der Waals surface area contributed by atoms with Crippen LogP contribution >= 0.6 is 0 Å². The van der Waals surface area contributed by atoms with Gasteiger partial charge in [-0.25, -0.2) is 4.39 Å². The second-order valence-electron chi connectivity index (χ2n) is 4.63. The fraction of sp³-hybridized carbons (Fsp3) is 0.500. The molecule has 1 aliphatic heterocycles. The lowest BCUT2D eigenvalue weighted by Gasteiger charge is -2.24. The fourth-order valence-corrected chi connectivity index (χ4v) is 2.78. The largest absolute Gasteiger partial charge is 0.446 e. The highest BCUT2D eigenvalue weighted by Crippen LogP contribution is 2.32. The summed E-state index contributed by atoms with van der Waals surface area (Å²) in [5.41, 5.74) is 1.23. The van der Waals surface area contributed by atoms with Crippen molar-refractivity contribution in [2.75, 3.05) is 13.1 Å². The highest BCUT2D eigenvalue weighted by atomic mass is 32.3. The minimum absolute atomic E-state index is 0.260. The summed E-state index contributed by atoms with van der Waals surface area (Å²) in [5, 5.41) is 3.23. The molecular formula is C12H16FNO4S. The zero-order valence-electron chi connectivity index (χ0n) is 10.5. The Kier molecular flexibility index (Phi) is 4.07. The second kappa shape index (κ2) is 5.44. The molecule has 0 amide bonds. The number of benzene rings is 1. The van der Waals surface area contributed by atoms with Gasteiger partial charge in [-0.2, -0.15) is 8.42 Å². The van der Waals surface area contributed by atoms with Crippen LogP contribution in [-0.2, 0) is 10.4 Å². The van der Waals surface area contributed by atoms with E-state index in [1.807, 2.05) is 0 Å². The molecular weight excluding hydrogens is 273 g/mol. The van der Waals surface area contributed by atoms with Crippen LogP contribution in [0.3, 0.4) is 0 Å². The van der Waals surface area contributed by atoms with Crippen LogP contribution in [0.25, 0.3) is 0 Å². The van der Waals surface area contributed by atoms with Gasteiger partial charge in [0.1, 0.15) is 0 Å². The lowest BCUT2D eigenvalue weighted by molar-refractivity contribution is 0.375. The lowest BCUT2D eigenvalue weighted by atomic mass is 9.87. The molecule has 1 heterocycles. The van der Waals surface area contributed by atoms with Gasteiger partial charge in [-0.05, 0) is 56.0 Å². The molecule has 0 bridgehead atoms. The van der Waals surface area contributed by atoms with Crippen LogP contribution in [0.2, 0.25) is 0 Å². The van der Waals surface area contributed by atoms with Crippen molar-refractivity contribution in [3.8, 4) is 5.75 Å². The van der Waals surface area contributed by atoms with Gasteiger partial charge in [-0.3, -0.25) is 4.55 Å². The maximum Gasteiger partial charge on any atom is 0.446 e. The normalized spacial score (nSPS) is 17.4. The molecule has 0 aliphatic carbocycles. The molecule has 1 aromatic rings. The molecule has 7 heteroatoms. The standard InChI is InChI=1S/C12H16FNO4S/c1-8-10(9-4-6-14-7-5-9)2-3-11(12(8)13)18-19(15,16)17/h2-3,9,14H,4-7H2,1H3,(H,15,16,17). The quantitative estimate of drug-likeness (QED) is 0.830. The minimum Gasteiger partial charge on any atom is -0.359 e. The molecule has 5 nitrogen and oxygen atoms in total. The van der Waals surface area contributed by atoms with E-state index in [0.29, 0.717) is 5.56 Å². The van der Waals surface area contributed by atoms with Gasteiger partial charge in [-0.1, -0.05) is 6.07 Å². The van der Waals surface area contributed by atoms with Gasteiger partial charge < -0.3 is 9.50 Å². The zero-order chi connectivity index (χ0) is 14.0. The molecule has 0 atom stereocenters. The first-order valence-corrected chi connectivity index (χ1v) is 7.41. The molecule has 0 spiro atoms. The molecule has 2 rings (SSSR count). The van der Waals surface area contributed by atoms with Crippen molar-refractivity contribution in [3.05, 3.63) is 29.1 Å². The molecule has 1 saturated heterocycles. The van der Waals surface area contributed by atoms with Crippen molar-refractivity contribution in [3.63, 3.8) is 0 Å². The van der Waals surface area contributed by atoms with Crippen molar-refractivity contribution in [2.24, 2.45) is 0 Å². The predicted molar refractivity (Wildman–Crippen MR) is 68.2 cm³/mol. The summed E-state index contributed by atoms with van der Waals surface area (Å²) < 4.78 is 48.0. The van der Waals surface area contributed by atoms with Crippen LogP contribution in [0.5, 0.6) is 5.75 Å². The van der Waals surface area contributed by atoms with Crippen LogP contribution in [0.15, 0.2) is 12.1 Å². The number of hydrogen-bond donors (Lipinski definition) is 2. The molecule has 0 aromatic heterocycles. The Bertz CT molecular complexity index is 567. The van der Waals surface area contributed by atoms with Crippen molar-refractivity contribution < 1.29 is 21.5 Å². The topological polar surface area (TPSA) is 75.6 Å². The number of rotatable bonds is 3. The van der Waals surface area contributed by atoms with E-state index in [9.17, 15) is 12.8 Å². The van der Waals surface area contributed by atoms with Gasteiger partial charge in [0, 0.05) is 0 Å². The maximum atomic E-state index is 14.0. The van der Waals surface area contributed by atoms with Gasteiger partial charge in [-0.15, -0.1) is 0 Å². The van der Waals surface area contributed by atoms with E-state index in [2.05, 4.69) is 9.50 Å². The third-order valence-corrected chi connectivity index (χ3v) is 3.76. The molecule has 1 aromatic carbocycles. The Morgan fingerprint density at radius 2 is 2.00 bits per heavy atom. The van der Waals surface area contributed by atoms with Crippen molar-refractivity contribution >= 4 is 10.4 Å². The summed E-state index contributed by atoms with van der Waals surface area (Å²) in [6, 6.07) is 2.91. The van der Waals surface area contributed by atoms with Crippen LogP contribution in [0, 0.1) is 12.7 Å². The average molecular weight is 289 g/mol. The van der Waals surface area contributed by atoms with E-state index >= 15 is 0 Å². The first kappa shape index (κ1) is 14.2. The molecule has 1 aliphatic rings. The SMILES string of the molecule is Cc1c(C2CCNCC2)ccc(OS(=O)(=O)O)c1F. The fourth-order valence-electron chi connectivity index (χ4n) is 2.43. The lowest BCUT2D eigenvalue weighted by Crippen LogP contribution is -2.27. The van der Waals surface area contributed by atoms with E-state index in [0.717, 1.165) is 31.5 Å². The highest BCUT2D eigenvalue weighted by molar-refractivity contribution is 7.81. The Morgan fingerprint density at radius 1 is 1.37 bits per heavy atom. The van der Waals surface area contributed by atoms with Crippen molar-refractivity contribution in [1.82, 2.24) is 5.32 Å². The number of piperidine rings is 1.